The van der Waals surface area contributed by atoms with Crippen LogP contribution in [-0.4, -0.2) is 20.2 Å². The molecule has 0 aliphatic rings. The number of sulfonamides is 1. The number of nitrogens with one attached hydrogen (secondary N) is 2. The fourth-order valence-electron chi connectivity index (χ4n) is 1.92. The fraction of sp³-hybridized carbons (Fsp3) is 0.0667. The largest absolute Gasteiger partial charge is 0.273 e. The van der Waals surface area contributed by atoms with Gasteiger partial charge in [0.05, 0.1) is 11.4 Å². The number of carbonyl (C=O) groups is 2. The number of amides is 2. The molecule has 0 atom stereocenters. The number of hydrazine groups is 1. The zero-order valence-electron chi connectivity index (χ0n) is 12.6. The fourth-order valence-corrected chi connectivity index (χ4v) is 3.19. The number of primary sulfonamides is 1. The first-order chi connectivity index (χ1) is 11.7. The van der Waals surface area contributed by atoms with Gasteiger partial charge in [0.15, 0.2) is 0 Å². The van der Waals surface area contributed by atoms with Gasteiger partial charge in [0.2, 0.25) is 15.9 Å². The Labute approximate surface area is 154 Å². The lowest BCUT2D eigenvalue weighted by Crippen LogP contribution is -2.42. The van der Waals surface area contributed by atoms with Crippen molar-refractivity contribution in [3.05, 3.63) is 63.6 Å². The van der Waals surface area contributed by atoms with E-state index in [4.69, 9.17) is 28.3 Å². The van der Waals surface area contributed by atoms with Gasteiger partial charge < -0.3 is 0 Å². The third-order valence-electron chi connectivity index (χ3n) is 3.12. The van der Waals surface area contributed by atoms with Gasteiger partial charge in [-0.05, 0) is 29.8 Å². The zero-order valence-corrected chi connectivity index (χ0v) is 15.0. The third-order valence-corrected chi connectivity index (χ3v) is 4.89. The van der Waals surface area contributed by atoms with Gasteiger partial charge in [-0.25, -0.2) is 13.6 Å². The maximum absolute atomic E-state index is 12.0. The van der Waals surface area contributed by atoms with Crippen molar-refractivity contribution in [2.24, 2.45) is 5.14 Å². The van der Waals surface area contributed by atoms with E-state index in [9.17, 15) is 18.0 Å². The minimum absolute atomic E-state index is 0.0357. The van der Waals surface area contributed by atoms with Crippen molar-refractivity contribution < 1.29 is 18.0 Å². The molecule has 0 aliphatic heterocycles. The van der Waals surface area contributed by atoms with Crippen molar-refractivity contribution in [1.29, 1.82) is 0 Å². The maximum Gasteiger partial charge on any atom is 0.269 e. The Hall–Kier alpha value is -2.13. The SMILES string of the molecule is NS(=O)(=O)c1cc(C(=O)NNC(=O)Cc2ccccc2Cl)ccc1Cl. The molecule has 0 saturated heterocycles. The van der Waals surface area contributed by atoms with Crippen LogP contribution in [0.25, 0.3) is 0 Å². The molecule has 25 heavy (non-hydrogen) atoms. The molecule has 2 rings (SSSR count). The van der Waals surface area contributed by atoms with Gasteiger partial charge in [-0.2, -0.15) is 0 Å². The monoisotopic (exact) mass is 401 g/mol. The highest BCUT2D eigenvalue weighted by atomic mass is 35.5. The van der Waals surface area contributed by atoms with Crippen LogP contribution in [0.4, 0.5) is 0 Å². The molecule has 10 heteroatoms. The molecule has 4 N–H and O–H groups in total. The van der Waals surface area contributed by atoms with Crippen molar-refractivity contribution in [2.75, 3.05) is 0 Å². The van der Waals surface area contributed by atoms with Gasteiger partial charge in [0.25, 0.3) is 5.91 Å². The number of rotatable bonds is 4. The molecule has 2 aromatic carbocycles. The van der Waals surface area contributed by atoms with Crippen molar-refractivity contribution in [1.82, 2.24) is 10.9 Å². The molecular weight excluding hydrogens is 389 g/mol. The summed E-state index contributed by atoms with van der Waals surface area (Å²) < 4.78 is 22.8. The normalized spacial score (nSPS) is 11.0. The van der Waals surface area contributed by atoms with Crippen LogP contribution in [0.1, 0.15) is 15.9 Å². The number of benzene rings is 2. The second-order valence-electron chi connectivity index (χ2n) is 4.96. The summed E-state index contributed by atoms with van der Waals surface area (Å²) in [5, 5.41) is 5.34. The van der Waals surface area contributed by atoms with Gasteiger partial charge in [-0.3, -0.25) is 20.4 Å². The number of halogens is 2. The molecule has 0 bridgehead atoms. The van der Waals surface area contributed by atoms with Crippen LogP contribution >= 0.6 is 23.2 Å². The number of hydrogen-bond acceptors (Lipinski definition) is 4. The Morgan fingerprint density at radius 1 is 1.00 bits per heavy atom. The Balaban J connectivity index is 2.03. The first-order valence-corrected chi connectivity index (χ1v) is 9.13. The quantitative estimate of drug-likeness (QED) is 0.674. The van der Waals surface area contributed by atoms with E-state index in [2.05, 4.69) is 10.9 Å². The van der Waals surface area contributed by atoms with Gasteiger partial charge in [0, 0.05) is 10.6 Å². The summed E-state index contributed by atoms with van der Waals surface area (Å²) in [4.78, 5) is 23.5. The molecule has 132 valence electrons. The van der Waals surface area contributed by atoms with E-state index >= 15 is 0 Å². The van der Waals surface area contributed by atoms with Crippen molar-refractivity contribution >= 4 is 45.0 Å². The summed E-state index contributed by atoms with van der Waals surface area (Å²) in [5.74, 6) is -1.23. The van der Waals surface area contributed by atoms with Crippen molar-refractivity contribution in [3.8, 4) is 0 Å². The van der Waals surface area contributed by atoms with Gasteiger partial charge in [-0.15, -0.1) is 0 Å². The van der Waals surface area contributed by atoms with E-state index in [1.807, 2.05) is 0 Å². The smallest absolute Gasteiger partial charge is 0.269 e. The summed E-state index contributed by atoms with van der Waals surface area (Å²) in [5.41, 5.74) is 4.96. The van der Waals surface area contributed by atoms with Crippen LogP contribution in [0, 0.1) is 0 Å². The zero-order chi connectivity index (χ0) is 18.6. The molecule has 0 heterocycles. The van der Waals surface area contributed by atoms with Crippen LogP contribution < -0.4 is 16.0 Å². The highest BCUT2D eigenvalue weighted by molar-refractivity contribution is 7.89. The number of hydrogen-bond donors (Lipinski definition) is 3. The van der Waals surface area contributed by atoms with E-state index in [1.165, 1.54) is 12.1 Å². The molecule has 7 nitrogen and oxygen atoms in total. The standard InChI is InChI=1S/C15H13Cl2N3O4S/c16-11-4-2-1-3-9(11)8-14(21)19-20-15(22)10-5-6-12(17)13(7-10)25(18,23)24/h1-7H,8H2,(H,19,21)(H,20,22)(H2,18,23,24). The predicted octanol–water partition coefficient (Wildman–Crippen LogP) is 1.64. The Kier molecular flexibility index (Phi) is 6.02. The van der Waals surface area contributed by atoms with E-state index in [1.54, 1.807) is 24.3 Å². The predicted molar refractivity (Wildman–Crippen MR) is 93.6 cm³/mol. The summed E-state index contributed by atoms with van der Waals surface area (Å²) in [6, 6.07) is 10.3. The first-order valence-electron chi connectivity index (χ1n) is 6.83. The molecule has 0 fully saturated rings. The number of carbonyl (C=O) groups excluding carboxylic acids is 2. The molecule has 0 saturated carbocycles. The molecule has 0 aliphatic carbocycles. The van der Waals surface area contributed by atoms with E-state index in [-0.39, 0.29) is 21.9 Å². The maximum atomic E-state index is 12.0. The Morgan fingerprint density at radius 3 is 2.32 bits per heavy atom. The minimum atomic E-state index is -4.08. The average Bonchev–Trinajstić information content (AvgIpc) is 2.54. The molecular formula is C15H13Cl2N3O4S. The molecule has 0 aromatic heterocycles. The van der Waals surface area contributed by atoms with Gasteiger partial charge >= 0.3 is 0 Å². The van der Waals surface area contributed by atoms with Crippen molar-refractivity contribution in [2.45, 2.75) is 11.3 Å². The second kappa shape index (κ2) is 7.83. The second-order valence-corrected chi connectivity index (χ2v) is 7.30. The first kappa shape index (κ1) is 19.2. The van der Waals surface area contributed by atoms with Crippen LogP contribution in [0.15, 0.2) is 47.4 Å². The Morgan fingerprint density at radius 2 is 1.68 bits per heavy atom. The summed E-state index contributed by atoms with van der Waals surface area (Å²) in [6.45, 7) is 0. The van der Waals surface area contributed by atoms with Crippen LogP contribution in [0.3, 0.4) is 0 Å². The molecule has 2 aromatic rings. The van der Waals surface area contributed by atoms with E-state index in [0.717, 1.165) is 6.07 Å². The summed E-state index contributed by atoms with van der Waals surface area (Å²) in [7, 11) is -4.08. The van der Waals surface area contributed by atoms with Crippen LogP contribution in [0.5, 0.6) is 0 Å². The van der Waals surface area contributed by atoms with Crippen LogP contribution in [0.2, 0.25) is 10.0 Å². The highest BCUT2D eigenvalue weighted by Gasteiger charge is 2.17. The lowest BCUT2D eigenvalue weighted by molar-refractivity contribution is -0.121. The third kappa shape index (κ3) is 5.17. The van der Waals surface area contributed by atoms with E-state index in [0.29, 0.717) is 10.6 Å². The summed E-state index contributed by atoms with van der Waals surface area (Å²) in [6.07, 6.45) is -0.0387. The number of nitrogens with two attached hydrogens (primary N) is 1. The van der Waals surface area contributed by atoms with Crippen LogP contribution in [-0.2, 0) is 21.2 Å². The lowest BCUT2D eigenvalue weighted by atomic mass is 10.1. The molecule has 2 amide bonds. The Bertz CT molecular complexity index is 932. The summed E-state index contributed by atoms with van der Waals surface area (Å²) >= 11 is 11.7. The lowest BCUT2D eigenvalue weighted by Gasteiger charge is -2.09. The topological polar surface area (TPSA) is 118 Å². The highest BCUT2D eigenvalue weighted by Crippen LogP contribution is 2.21. The van der Waals surface area contributed by atoms with Gasteiger partial charge in [-0.1, -0.05) is 41.4 Å². The molecule has 0 radical (unpaired) electrons. The average molecular weight is 402 g/mol. The van der Waals surface area contributed by atoms with E-state index < -0.39 is 21.8 Å². The molecule has 0 unspecified atom stereocenters. The molecule has 0 spiro atoms. The van der Waals surface area contributed by atoms with Gasteiger partial charge in [0.1, 0.15) is 4.90 Å². The minimum Gasteiger partial charge on any atom is -0.273 e. The van der Waals surface area contributed by atoms with Crippen molar-refractivity contribution in [3.63, 3.8) is 0 Å².